The van der Waals surface area contributed by atoms with E-state index in [2.05, 4.69) is 20.1 Å². The second kappa shape index (κ2) is 5.48. The number of hydrogen-bond acceptors (Lipinski definition) is 4. The zero-order valence-electron chi connectivity index (χ0n) is 11.0. The Morgan fingerprint density at radius 2 is 2.11 bits per heavy atom. The van der Waals surface area contributed by atoms with E-state index in [4.69, 9.17) is 5.73 Å². The van der Waals surface area contributed by atoms with Gasteiger partial charge in [0.2, 0.25) is 5.91 Å². The summed E-state index contributed by atoms with van der Waals surface area (Å²) in [6.45, 7) is 4.53. The van der Waals surface area contributed by atoms with Crippen molar-refractivity contribution in [1.29, 1.82) is 0 Å². The van der Waals surface area contributed by atoms with Crippen molar-refractivity contribution >= 4 is 5.91 Å². The first-order valence-corrected chi connectivity index (χ1v) is 6.57. The minimum Gasteiger partial charge on any atom is -0.345 e. The molecule has 2 rings (SSSR count). The summed E-state index contributed by atoms with van der Waals surface area (Å²) in [6.07, 6.45) is 4.51. The zero-order valence-corrected chi connectivity index (χ0v) is 11.0. The number of nitrogens with one attached hydrogen (secondary N) is 1. The topological polar surface area (TPSA) is 85.8 Å². The molecule has 1 amide bonds. The van der Waals surface area contributed by atoms with E-state index in [1.54, 1.807) is 6.92 Å². The number of rotatable bonds is 3. The molecule has 1 aromatic rings. The van der Waals surface area contributed by atoms with Crippen LogP contribution in [-0.4, -0.2) is 26.7 Å². The molecule has 18 heavy (non-hydrogen) atoms. The standard InChI is InChI=1S/C12H21N5O/c1-8(13)12(18)14-9(2)11-16-15-10-6-4-3-5-7-17(10)11/h8-9H,3-7,13H2,1-2H3,(H,14,18)/t8-,9?/m0/s1. The quantitative estimate of drug-likeness (QED) is 0.820. The Morgan fingerprint density at radius 3 is 2.83 bits per heavy atom. The molecule has 2 heterocycles. The van der Waals surface area contributed by atoms with E-state index in [-0.39, 0.29) is 11.9 Å². The smallest absolute Gasteiger partial charge is 0.237 e. The van der Waals surface area contributed by atoms with Gasteiger partial charge in [-0.15, -0.1) is 10.2 Å². The van der Waals surface area contributed by atoms with Crippen LogP contribution in [0.3, 0.4) is 0 Å². The van der Waals surface area contributed by atoms with Gasteiger partial charge < -0.3 is 15.6 Å². The van der Waals surface area contributed by atoms with Crippen LogP contribution < -0.4 is 11.1 Å². The van der Waals surface area contributed by atoms with Gasteiger partial charge >= 0.3 is 0 Å². The Morgan fingerprint density at radius 1 is 1.33 bits per heavy atom. The molecular weight excluding hydrogens is 230 g/mol. The van der Waals surface area contributed by atoms with E-state index in [9.17, 15) is 4.79 Å². The molecule has 1 aromatic heterocycles. The van der Waals surface area contributed by atoms with Crippen LogP contribution in [0, 0.1) is 0 Å². The summed E-state index contributed by atoms with van der Waals surface area (Å²) in [4.78, 5) is 11.6. The van der Waals surface area contributed by atoms with Crippen LogP contribution in [0.15, 0.2) is 0 Å². The molecule has 1 aliphatic heterocycles. The van der Waals surface area contributed by atoms with Gasteiger partial charge in [-0.25, -0.2) is 0 Å². The van der Waals surface area contributed by atoms with E-state index in [1.165, 1.54) is 12.8 Å². The lowest BCUT2D eigenvalue weighted by atomic mass is 10.2. The molecule has 0 radical (unpaired) electrons. The monoisotopic (exact) mass is 251 g/mol. The normalized spacial score (nSPS) is 18.6. The minimum atomic E-state index is -0.501. The molecule has 0 bridgehead atoms. The van der Waals surface area contributed by atoms with Crippen molar-refractivity contribution in [2.24, 2.45) is 5.73 Å². The third-order valence-corrected chi connectivity index (χ3v) is 3.30. The fraction of sp³-hybridized carbons (Fsp3) is 0.750. The van der Waals surface area contributed by atoms with Gasteiger partial charge in [0.1, 0.15) is 5.82 Å². The first-order valence-electron chi connectivity index (χ1n) is 6.57. The Labute approximate surface area is 107 Å². The van der Waals surface area contributed by atoms with Crippen LogP contribution >= 0.6 is 0 Å². The molecule has 0 saturated heterocycles. The molecule has 0 spiro atoms. The lowest BCUT2D eigenvalue weighted by Gasteiger charge is -2.16. The van der Waals surface area contributed by atoms with Gasteiger partial charge in [-0.2, -0.15) is 0 Å². The van der Waals surface area contributed by atoms with Crippen LogP contribution in [0.4, 0.5) is 0 Å². The van der Waals surface area contributed by atoms with Crippen LogP contribution in [0.1, 0.15) is 50.8 Å². The molecule has 6 nitrogen and oxygen atoms in total. The van der Waals surface area contributed by atoms with Gasteiger partial charge in [0.15, 0.2) is 5.82 Å². The van der Waals surface area contributed by atoms with Gasteiger partial charge in [0.05, 0.1) is 12.1 Å². The highest BCUT2D eigenvalue weighted by atomic mass is 16.2. The van der Waals surface area contributed by atoms with E-state index in [0.717, 1.165) is 31.0 Å². The summed E-state index contributed by atoms with van der Waals surface area (Å²) in [5.41, 5.74) is 5.55. The van der Waals surface area contributed by atoms with Crippen LogP contribution in [0.5, 0.6) is 0 Å². The number of carbonyl (C=O) groups is 1. The second-order valence-corrected chi connectivity index (χ2v) is 4.96. The lowest BCUT2D eigenvalue weighted by Crippen LogP contribution is -2.40. The summed E-state index contributed by atoms with van der Waals surface area (Å²) in [7, 11) is 0. The number of amides is 1. The van der Waals surface area contributed by atoms with Crippen molar-refractivity contribution < 1.29 is 4.79 Å². The lowest BCUT2D eigenvalue weighted by molar-refractivity contribution is -0.122. The SMILES string of the molecule is CC(NC(=O)[C@H](C)N)c1nnc2n1CCCCC2. The van der Waals surface area contributed by atoms with Crippen LogP contribution in [-0.2, 0) is 17.8 Å². The van der Waals surface area contributed by atoms with E-state index in [1.807, 2.05) is 6.92 Å². The highest BCUT2D eigenvalue weighted by Gasteiger charge is 2.21. The first kappa shape index (κ1) is 13.0. The molecular formula is C12H21N5O. The number of fused-ring (bicyclic) bond motifs is 1. The summed E-state index contributed by atoms with van der Waals surface area (Å²) < 4.78 is 2.14. The second-order valence-electron chi connectivity index (χ2n) is 4.96. The molecule has 0 aromatic carbocycles. The maximum atomic E-state index is 11.6. The Hall–Kier alpha value is -1.43. The van der Waals surface area contributed by atoms with Crippen molar-refractivity contribution in [2.75, 3.05) is 0 Å². The van der Waals surface area contributed by atoms with Crippen molar-refractivity contribution in [1.82, 2.24) is 20.1 Å². The van der Waals surface area contributed by atoms with E-state index in [0.29, 0.717) is 0 Å². The number of carbonyl (C=O) groups excluding carboxylic acids is 1. The number of aromatic nitrogens is 3. The average Bonchev–Trinajstić information content (AvgIpc) is 2.58. The largest absolute Gasteiger partial charge is 0.345 e. The third kappa shape index (κ3) is 2.69. The van der Waals surface area contributed by atoms with Crippen LogP contribution in [0.25, 0.3) is 0 Å². The molecule has 0 saturated carbocycles. The summed E-state index contributed by atoms with van der Waals surface area (Å²) in [5.74, 6) is 1.71. The number of nitrogens with two attached hydrogens (primary N) is 1. The summed E-state index contributed by atoms with van der Waals surface area (Å²) in [6, 6.07) is -0.651. The molecule has 1 unspecified atom stereocenters. The fourth-order valence-electron chi connectivity index (χ4n) is 2.24. The van der Waals surface area contributed by atoms with E-state index < -0.39 is 6.04 Å². The predicted octanol–water partition coefficient (Wildman–Crippen LogP) is 0.529. The molecule has 6 heteroatoms. The minimum absolute atomic E-state index is 0.150. The van der Waals surface area contributed by atoms with Gasteiger partial charge in [-0.3, -0.25) is 4.79 Å². The van der Waals surface area contributed by atoms with Gasteiger partial charge in [-0.05, 0) is 26.7 Å². The Bertz CT molecular complexity index is 426. The average molecular weight is 251 g/mol. The highest BCUT2D eigenvalue weighted by Crippen LogP contribution is 2.18. The number of nitrogens with zero attached hydrogens (tertiary/aromatic N) is 3. The molecule has 100 valence electrons. The summed E-state index contributed by atoms with van der Waals surface area (Å²) in [5, 5.41) is 11.3. The maximum absolute atomic E-state index is 11.6. The maximum Gasteiger partial charge on any atom is 0.237 e. The zero-order chi connectivity index (χ0) is 13.1. The molecule has 0 fully saturated rings. The van der Waals surface area contributed by atoms with Crippen molar-refractivity contribution in [2.45, 2.75) is 58.2 Å². The van der Waals surface area contributed by atoms with Gasteiger partial charge in [0.25, 0.3) is 0 Å². The van der Waals surface area contributed by atoms with Gasteiger partial charge in [-0.1, -0.05) is 6.42 Å². The Kier molecular flexibility index (Phi) is 3.96. The number of hydrogen-bond donors (Lipinski definition) is 2. The summed E-state index contributed by atoms with van der Waals surface area (Å²) >= 11 is 0. The van der Waals surface area contributed by atoms with Crippen molar-refractivity contribution in [3.8, 4) is 0 Å². The van der Waals surface area contributed by atoms with Crippen LogP contribution in [0.2, 0.25) is 0 Å². The number of aryl methyl sites for hydroxylation is 1. The third-order valence-electron chi connectivity index (χ3n) is 3.30. The molecule has 1 aliphatic rings. The first-order chi connectivity index (χ1) is 8.59. The van der Waals surface area contributed by atoms with Gasteiger partial charge in [0, 0.05) is 13.0 Å². The van der Waals surface area contributed by atoms with Crippen molar-refractivity contribution in [3.63, 3.8) is 0 Å². The van der Waals surface area contributed by atoms with E-state index >= 15 is 0 Å². The predicted molar refractivity (Wildman–Crippen MR) is 67.8 cm³/mol. The molecule has 2 atom stereocenters. The Balaban J connectivity index is 2.13. The molecule has 0 aliphatic carbocycles. The fourth-order valence-corrected chi connectivity index (χ4v) is 2.24. The highest BCUT2D eigenvalue weighted by molar-refractivity contribution is 5.81. The molecule has 3 N–H and O–H groups in total. The van der Waals surface area contributed by atoms with Crippen molar-refractivity contribution in [3.05, 3.63) is 11.6 Å².